The number of nitrogens with one attached hydrogen (secondary N) is 8. The SMILES string of the molecule is C1C[NH+]2CC[NH+]1CC2.C1C[NH+]2CC[NH+]1CC2.C1C[NH+]2CC[NH+]1CC2.C1C[NH+]2CC[NH+]1CC2.F[B-](F)(F)F.F[B-](F)(F)F.F[B-](F)(F)F.F[B-](F)(F)F.F[B-](F)(F)F.F[B-](F)(F)F.F[B-](F)(F)F.F[B-](F)(F)F.O.O.O.O. The normalized spacial score (nSPS) is 25.3. The maximum absolute atomic E-state index is 9.75. The molecule has 0 aliphatic carbocycles. The number of rotatable bonds is 0. The molecule has 0 amide bonds. The Morgan fingerprint density at radius 1 is 0.118 bits per heavy atom. The molecule has 16 N–H and O–H groups in total. The molecule has 12 nitrogen and oxygen atoms in total. The summed E-state index contributed by atoms with van der Waals surface area (Å²) in [5.41, 5.74) is 0. The van der Waals surface area contributed by atoms with Crippen molar-refractivity contribution in [2.45, 2.75) is 0 Å². The van der Waals surface area contributed by atoms with Gasteiger partial charge < -0.3 is 199 Å². The Morgan fingerprint density at radius 3 is 0.158 bits per heavy atom. The summed E-state index contributed by atoms with van der Waals surface area (Å²) in [5, 5.41) is 0. The first-order valence-electron chi connectivity index (χ1n) is 21.5. The molecule has 12 aliphatic heterocycles. The molecule has 0 unspecified atom stereocenters. The van der Waals surface area contributed by atoms with Gasteiger partial charge in [0.05, 0.1) is 0 Å². The van der Waals surface area contributed by atoms with E-state index in [1.807, 2.05) is 39.2 Å². The Kier molecular flexibility index (Phi) is 50.7. The molecule has 0 atom stereocenters. The quantitative estimate of drug-likeness (QED) is 0.0860. The van der Waals surface area contributed by atoms with Crippen molar-refractivity contribution in [3.63, 3.8) is 0 Å². The molecule has 0 saturated carbocycles. The van der Waals surface area contributed by atoms with Crippen molar-refractivity contribution in [2.24, 2.45) is 0 Å². The standard InChI is InChI=1S/4C6H12N2.8BF4.4H2O/c4*1-2-8-5-3-7(1)4-6-8;8*2-1(3,4)5;;;;/h4*1-6H2;;;;;;;;;4*1H2/q;;;;8*-1;;;;/p+8. The van der Waals surface area contributed by atoms with E-state index in [1.165, 1.54) is 157 Å². The van der Waals surface area contributed by atoms with Crippen molar-refractivity contribution in [3.8, 4) is 0 Å². The van der Waals surface area contributed by atoms with E-state index in [0.29, 0.717) is 0 Å². The number of quaternary nitrogens is 8. The van der Waals surface area contributed by atoms with Crippen molar-refractivity contribution in [1.82, 2.24) is 0 Å². The third-order valence-electron chi connectivity index (χ3n) is 9.99. The van der Waals surface area contributed by atoms with Crippen LogP contribution in [0.1, 0.15) is 0 Å². The Labute approximate surface area is 414 Å². The van der Waals surface area contributed by atoms with Crippen LogP contribution in [0.4, 0.5) is 138 Å². The van der Waals surface area contributed by atoms with Crippen LogP contribution in [0.5, 0.6) is 0 Å². The van der Waals surface area contributed by atoms with Crippen LogP contribution in [-0.2, 0) is 0 Å². The minimum atomic E-state index is -6.00. The summed E-state index contributed by atoms with van der Waals surface area (Å²) in [5.74, 6) is 0. The largest absolute Gasteiger partial charge is 0.673 e. The third-order valence-corrected chi connectivity index (χ3v) is 9.99. The van der Waals surface area contributed by atoms with Gasteiger partial charge in [-0.25, -0.2) is 0 Å². The van der Waals surface area contributed by atoms with Gasteiger partial charge in [0.2, 0.25) is 0 Å². The third kappa shape index (κ3) is 108. The molecule has 0 aromatic rings. The fourth-order valence-corrected chi connectivity index (χ4v) is 7.24. The molecule has 52 heteroatoms. The molecule has 12 heterocycles. The van der Waals surface area contributed by atoms with Crippen LogP contribution in [-0.4, -0.2) is 237 Å². The molecule has 12 rings (SSSR count). The van der Waals surface area contributed by atoms with Crippen molar-refractivity contribution >= 4 is 58.0 Å². The van der Waals surface area contributed by atoms with Gasteiger partial charge in [-0.2, -0.15) is 0 Å². The van der Waals surface area contributed by atoms with E-state index in [2.05, 4.69) is 0 Å². The summed E-state index contributed by atoms with van der Waals surface area (Å²) in [7, 11) is -48.0. The minimum absolute atomic E-state index is 0. The van der Waals surface area contributed by atoms with Crippen LogP contribution in [0.2, 0.25) is 0 Å². The van der Waals surface area contributed by atoms with Gasteiger partial charge in [0.1, 0.15) is 157 Å². The lowest BCUT2D eigenvalue weighted by atomic mass is 10.2. The molecular formula is C24H64B8F32N8O4. The van der Waals surface area contributed by atoms with E-state index in [-0.39, 0.29) is 21.9 Å². The Hall–Kier alpha value is -2.20. The molecule has 472 valence electrons. The predicted molar refractivity (Wildman–Crippen MR) is 220 cm³/mol. The molecule has 12 aliphatic rings. The average Bonchev–Trinajstić information content (AvgIpc) is 3.17. The molecular weight excluding hydrogens is 1160 g/mol. The van der Waals surface area contributed by atoms with Crippen molar-refractivity contribution in [1.29, 1.82) is 0 Å². The molecule has 76 heavy (non-hydrogen) atoms. The maximum Gasteiger partial charge on any atom is 0.673 e. The number of halogens is 32. The molecule has 0 aromatic heterocycles. The first-order valence-corrected chi connectivity index (χ1v) is 21.5. The molecule has 0 radical (unpaired) electrons. The highest BCUT2D eigenvalue weighted by molar-refractivity contribution is 6.52. The van der Waals surface area contributed by atoms with Gasteiger partial charge in [0.25, 0.3) is 0 Å². The smallest absolute Gasteiger partial charge is 0.418 e. The van der Waals surface area contributed by atoms with Crippen molar-refractivity contribution in [2.75, 3.05) is 157 Å². The summed E-state index contributed by atoms with van der Waals surface area (Å²) in [6, 6.07) is 0. The fraction of sp³-hybridized carbons (Fsp3) is 1.00. The second-order valence-corrected chi connectivity index (χ2v) is 16.0. The van der Waals surface area contributed by atoms with Crippen LogP contribution in [0.15, 0.2) is 0 Å². The van der Waals surface area contributed by atoms with E-state index < -0.39 is 58.0 Å². The highest BCUT2D eigenvalue weighted by Crippen LogP contribution is 2.10. The zero-order chi connectivity index (χ0) is 57.6. The van der Waals surface area contributed by atoms with E-state index in [4.69, 9.17) is 0 Å². The fourth-order valence-electron chi connectivity index (χ4n) is 7.24. The first kappa shape index (κ1) is 90.3. The lowest BCUT2D eigenvalue weighted by Gasteiger charge is -2.35. The number of fused-ring (bicyclic) bond motifs is 12. The number of hydrogen-bond donors (Lipinski definition) is 8. The Morgan fingerprint density at radius 2 is 0.145 bits per heavy atom. The van der Waals surface area contributed by atoms with Crippen LogP contribution < -0.4 is 39.2 Å². The van der Waals surface area contributed by atoms with Crippen LogP contribution in [0.3, 0.4) is 0 Å². The minimum Gasteiger partial charge on any atom is -0.418 e. The predicted octanol–water partition coefficient (Wildman–Crippen LogP) is -5.77. The second kappa shape index (κ2) is 42.7. The van der Waals surface area contributed by atoms with Crippen molar-refractivity contribution < 1.29 is 199 Å². The van der Waals surface area contributed by atoms with Gasteiger partial charge in [-0.05, 0) is 0 Å². The van der Waals surface area contributed by atoms with Crippen LogP contribution in [0, 0.1) is 0 Å². The van der Waals surface area contributed by atoms with Crippen molar-refractivity contribution in [3.05, 3.63) is 0 Å². The summed E-state index contributed by atoms with van der Waals surface area (Å²) in [6.07, 6.45) is 0. The van der Waals surface area contributed by atoms with Gasteiger partial charge in [-0.1, -0.05) is 0 Å². The van der Waals surface area contributed by atoms with Gasteiger partial charge in [0, 0.05) is 0 Å². The zero-order valence-corrected chi connectivity index (χ0v) is 39.7. The van der Waals surface area contributed by atoms with Crippen LogP contribution >= 0.6 is 0 Å². The summed E-state index contributed by atoms with van der Waals surface area (Å²) in [4.78, 5) is 14.8. The first-order chi connectivity index (χ1) is 31.8. The van der Waals surface area contributed by atoms with Gasteiger partial charge >= 0.3 is 58.0 Å². The number of hydrogen-bond acceptors (Lipinski definition) is 0. The maximum atomic E-state index is 9.75. The van der Waals surface area contributed by atoms with E-state index in [9.17, 15) is 138 Å². The summed E-state index contributed by atoms with van der Waals surface area (Å²) < 4.78 is 312. The zero-order valence-electron chi connectivity index (χ0n) is 39.7. The molecule has 12 fully saturated rings. The van der Waals surface area contributed by atoms with Crippen LogP contribution in [0.25, 0.3) is 0 Å². The molecule has 0 aromatic carbocycles. The molecule has 0 spiro atoms. The molecule has 8 bridgehead atoms. The van der Waals surface area contributed by atoms with E-state index in [0.717, 1.165) is 0 Å². The monoisotopic (exact) mass is 1220 g/mol. The van der Waals surface area contributed by atoms with Gasteiger partial charge in [-0.15, -0.1) is 0 Å². The topological polar surface area (TPSA) is 162 Å². The summed E-state index contributed by atoms with van der Waals surface area (Å²) >= 11 is 0. The van der Waals surface area contributed by atoms with E-state index >= 15 is 0 Å². The Balaban J connectivity index is -0.000000111. The number of piperazine rings is 12. The highest BCUT2D eigenvalue weighted by atomic mass is 19.5. The molecule has 12 saturated heterocycles. The second-order valence-electron chi connectivity index (χ2n) is 16.0. The lowest BCUT2D eigenvalue weighted by molar-refractivity contribution is -1.06. The lowest BCUT2D eigenvalue weighted by Crippen LogP contribution is -3.35. The van der Waals surface area contributed by atoms with E-state index in [1.54, 1.807) is 0 Å². The Bertz CT molecular complexity index is 925. The highest BCUT2D eigenvalue weighted by Gasteiger charge is 2.32. The van der Waals surface area contributed by atoms with Gasteiger partial charge in [-0.3, -0.25) is 0 Å². The average molecular weight is 1220 g/mol. The summed E-state index contributed by atoms with van der Waals surface area (Å²) in [6.45, 7) is 34.6. The van der Waals surface area contributed by atoms with Gasteiger partial charge in [0.15, 0.2) is 0 Å².